The second-order valence-electron chi connectivity index (χ2n) is 5.20. The lowest BCUT2D eigenvalue weighted by molar-refractivity contribution is -0.131. The van der Waals surface area contributed by atoms with Crippen LogP contribution in [0.15, 0.2) is 17.1 Å². The van der Waals surface area contributed by atoms with E-state index in [1.54, 1.807) is 19.1 Å². The van der Waals surface area contributed by atoms with Crippen LogP contribution in [0, 0.1) is 0 Å². The lowest BCUT2D eigenvalue weighted by atomic mass is 10.0. The van der Waals surface area contributed by atoms with Crippen LogP contribution in [0.2, 0.25) is 5.02 Å². The Balaban J connectivity index is 2.06. The van der Waals surface area contributed by atoms with Gasteiger partial charge < -0.3 is 20.5 Å². The maximum atomic E-state index is 12.0. The molecule has 1 saturated heterocycles. The van der Waals surface area contributed by atoms with Gasteiger partial charge in [-0.25, -0.2) is 4.99 Å². The predicted octanol–water partition coefficient (Wildman–Crippen LogP) is 0.0589. The number of nitrogens with two attached hydrogens (primary N) is 1. The summed E-state index contributed by atoms with van der Waals surface area (Å²) < 4.78 is 5.38. The largest absolute Gasteiger partial charge is 0.490 e. The van der Waals surface area contributed by atoms with E-state index in [1.165, 1.54) is 4.90 Å². The third-order valence-electron chi connectivity index (χ3n) is 3.81. The van der Waals surface area contributed by atoms with Gasteiger partial charge in [0.05, 0.1) is 23.4 Å². The van der Waals surface area contributed by atoms with Crippen LogP contribution in [0.1, 0.15) is 18.5 Å². The minimum absolute atomic E-state index is 0.106. The molecule has 2 heterocycles. The number of fused-ring (bicyclic) bond motifs is 2. The van der Waals surface area contributed by atoms with Gasteiger partial charge in [0.2, 0.25) is 11.9 Å². The van der Waals surface area contributed by atoms with Crippen LogP contribution >= 0.6 is 11.6 Å². The van der Waals surface area contributed by atoms with Gasteiger partial charge >= 0.3 is 0 Å². The van der Waals surface area contributed by atoms with Crippen molar-refractivity contribution in [2.24, 2.45) is 10.7 Å². The highest BCUT2D eigenvalue weighted by Crippen LogP contribution is 2.44. The number of nitrogens with zero attached hydrogens (tertiary/aromatic N) is 2. The Morgan fingerprint density at radius 3 is 2.96 bits per heavy atom. The Bertz CT molecular complexity index is 721. The topological polar surface area (TPSA) is 117 Å². The Labute approximate surface area is 136 Å². The number of hydrogen-bond donors (Lipinski definition) is 3. The zero-order valence-electron chi connectivity index (χ0n) is 12.2. The highest BCUT2D eigenvalue weighted by atomic mass is 35.5. The average molecular weight is 339 g/mol. The SMILES string of the molecule is CC1c2c(ccc(OCCO)c2Cl)N=C2NC(=O)C(C(N)=O)N21. The molecular formula is C14H15ClN4O4. The number of aliphatic imine (C=N–C) groups is 1. The maximum Gasteiger partial charge on any atom is 0.259 e. The zero-order valence-corrected chi connectivity index (χ0v) is 13.0. The van der Waals surface area contributed by atoms with Crippen molar-refractivity contribution >= 4 is 35.1 Å². The van der Waals surface area contributed by atoms with Gasteiger partial charge in [-0.3, -0.25) is 14.9 Å². The number of carbonyl (C=O) groups is 2. The molecule has 0 aromatic heterocycles. The van der Waals surface area contributed by atoms with E-state index in [-0.39, 0.29) is 19.2 Å². The Morgan fingerprint density at radius 2 is 2.30 bits per heavy atom. The van der Waals surface area contributed by atoms with E-state index in [4.69, 9.17) is 27.2 Å². The number of aliphatic hydroxyl groups is 1. The van der Waals surface area contributed by atoms with Crippen LogP contribution in [0.4, 0.5) is 5.69 Å². The van der Waals surface area contributed by atoms with Gasteiger partial charge in [-0.2, -0.15) is 0 Å². The molecule has 1 aromatic rings. The molecule has 0 spiro atoms. The molecule has 1 fully saturated rings. The first-order valence-electron chi connectivity index (χ1n) is 6.99. The van der Waals surface area contributed by atoms with Crippen molar-refractivity contribution < 1.29 is 19.4 Å². The lowest BCUT2D eigenvalue weighted by Crippen LogP contribution is -2.47. The number of ether oxygens (including phenoxy) is 1. The van der Waals surface area contributed by atoms with E-state index < -0.39 is 23.9 Å². The molecule has 8 nitrogen and oxygen atoms in total. The van der Waals surface area contributed by atoms with Gasteiger partial charge in [0.1, 0.15) is 12.4 Å². The van der Waals surface area contributed by atoms with E-state index >= 15 is 0 Å². The first-order chi connectivity index (χ1) is 11.0. The second kappa shape index (κ2) is 5.71. The molecule has 0 aliphatic carbocycles. The fraction of sp³-hybridized carbons (Fsp3) is 0.357. The van der Waals surface area contributed by atoms with Crippen molar-refractivity contribution in [3.8, 4) is 5.75 Å². The summed E-state index contributed by atoms with van der Waals surface area (Å²) in [6.45, 7) is 1.76. The summed E-state index contributed by atoms with van der Waals surface area (Å²) >= 11 is 6.39. The Kier molecular flexibility index (Phi) is 3.87. The summed E-state index contributed by atoms with van der Waals surface area (Å²) in [7, 11) is 0. The van der Waals surface area contributed by atoms with Crippen molar-refractivity contribution in [1.29, 1.82) is 0 Å². The molecule has 2 atom stereocenters. The van der Waals surface area contributed by atoms with Crippen molar-refractivity contribution in [1.82, 2.24) is 10.2 Å². The quantitative estimate of drug-likeness (QED) is 0.671. The number of primary amides is 1. The summed E-state index contributed by atoms with van der Waals surface area (Å²) in [6, 6.07) is 1.82. The molecule has 2 aliphatic rings. The summed E-state index contributed by atoms with van der Waals surface area (Å²) in [5, 5.41) is 11.7. The molecular weight excluding hydrogens is 324 g/mol. The van der Waals surface area contributed by atoms with Gasteiger partial charge in [-0.05, 0) is 19.1 Å². The summed E-state index contributed by atoms with van der Waals surface area (Å²) in [6.07, 6.45) is 0. The lowest BCUT2D eigenvalue weighted by Gasteiger charge is -2.33. The predicted molar refractivity (Wildman–Crippen MR) is 82.5 cm³/mol. The number of hydrogen-bond acceptors (Lipinski definition) is 6. The zero-order chi connectivity index (χ0) is 16.7. The number of carbonyl (C=O) groups excluding carboxylic acids is 2. The van der Waals surface area contributed by atoms with Crippen molar-refractivity contribution in [3.05, 3.63) is 22.7 Å². The van der Waals surface area contributed by atoms with Crippen LogP contribution in [0.5, 0.6) is 5.75 Å². The maximum absolute atomic E-state index is 12.0. The third kappa shape index (κ3) is 2.40. The number of amides is 2. The molecule has 23 heavy (non-hydrogen) atoms. The van der Waals surface area contributed by atoms with E-state index in [9.17, 15) is 9.59 Å². The van der Waals surface area contributed by atoms with Gasteiger partial charge in [0, 0.05) is 5.56 Å². The molecule has 2 amide bonds. The number of nitrogens with one attached hydrogen (secondary N) is 1. The number of benzene rings is 1. The normalized spacial score (nSPS) is 22.1. The highest BCUT2D eigenvalue weighted by molar-refractivity contribution is 6.33. The van der Waals surface area contributed by atoms with E-state index in [2.05, 4.69) is 10.3 Å². The molecule has 3 rings (SSSR count). The average Bonchev–Trinajstić information content (AvgIpc) is 2.83. The van der Waals surface area contributed by atoms with Crippen LogP contribution in [0.25, 0.3) is 0 Å². The van der Waals surface area contributed by atoms with E-state index in [0.717, 1.165) is 0 Å². The minimum Gasteiger partial charge on any atom is -0.490 e. The van der Waals surface area contributed by atoms with Gasteiger partial charge in [0.25, 0.3) is 5.91 Å². The molecule has 1 aromatic carbocycles. The minimum atomic E-state index is -1.13. The summed E-state index contributed by atoms with van der Waals surface area (Å²) in [5.41, 5.74) is 6.54. The number of halogens is 1. The van der Waals surface area contributed by atoms with E-state index in [1.807, 2.05) is 0 Å². The number of guanidine groups is 1. The molecule has 2 aliphatic heterocycles. The fourth-order valence-electron chi connectivity index (χ4n) is 2.83. The van der Waals surface area contributed by atoms with Crippen LogP contribution in [-0.4, -0.2) is 47.0 Å². The monoisotopic (exact) mass is 338 g/mol. The molecule has 0 radical (unpaired) electrons. The number of aliphatic hydroxyl groups excluding tert-OH is 1. The molecule has 2 unspecified atom stereocenters. The van der Waals surface area contributed by atoms with E-state index in [0.29, 0.717) is 22.0 Å². The first-order valence-corrected chi connectivity index (χ1v) is 7.36. The molecule has 9 heteroatoms. The van der Waals surface area contributed by atoms with Gasteiger partial charge in [-0.1, -0.05) is 11.6 Å². The number of rotatable bonds is 4. The van der Waals surface area contributed by atoms with Crippen molar-refractivity contribution in [2.75, 3.05) is 13.2 Å². The Morgan fingerprint density at radius 1 is 1.57 bits per heavy atom. The second-order valence-corrected chi connectivity index (χ2v) is 5.57. The van der Waals surface area contributed by atoms with Crippen LogP contribution in [-0.2, 0) is 9.59 Å². The van der Waals surface area contributed by atoms with Crippen molar-refractivity contribution in [3.63, 3.8) is 0 Å². The molecule has 4 N–H and O–H groups in total. The molecule has 122 valence electrons. The first kappa shape index (κ1) is 15.6. The fourth-order valence-corrected chi connectivity index (χ4v) is 3.20. The van der Waals surface area contributed by atoms with Crippen LogP contribution < -0.4 is 15.8 Å². The van der Waals surface area contributed by atoms with Gasteiger partial charge in [0.15, 0.2) is 6.04 Å². The Hall–Kier alpha value is -2.32. The van der Waals surface area contributed by atoms with Crippen LogP contribution in [0.3, 0.4) is 0 Å². The summed E-state index contributed by atoms with van der Waals surface area (Å²) in [5.74, 6) is -0.589. The molecule has 0 saturated carbocycles. The van der Waals surface area contributed by atoms with Crippen molar-refractivity contribution in [2.45, 2.75) is 19.0 Å². The molecule has 0 bridgehead atoms. The highest BCUT2D eigenvalue weighted by Gasteiger charge is 2.46. The van der Waals surface area contributed by atoms with Gasteiger partial charge in [-0.15, -0.1) is 0 Å². The smallest absolute Gasteiger partial charge is 0.259 e. The standard InChI is InChI=1S/C14H15ClN4O4/c1-6-9-7(2-3-8(10(9)15)23-5-4-20)17-14-18-13(22)11(12(16)21)19(6)14/h2-3,6,11,20H,4-5H2,1H3,(H2,16,21)(H,17,18,22). The third-order valence-corrected chi connectivity index (χ3v) is 4.20. The summed E-state index contributed by atoms with van der Waals surface area (Å²) in [4.78, 5) is 29.4.